The van der Waals surface area contributed by atoms with Crippen molar-refractivity contribution in [2.24, 2.45) is 0 Å². The molecule has 1 aromatic rings. The number of ether oxygens (including phenoxy) is 1. The molecule has 8 nitrogen and oxygen atoms in total. The minimum absolute atomic E-state index is 0.0284. The Kier molecular flexibility index (Phi) is 7.09. The second-order valence-electron chi connectivity index (χ2n) is 6.49. The van der Waals surface area contributed by atoms with Gasteiger partial charge in [0.25, 0.3) is 5.91 Å². The highest BCUT2D eigenvalue weighted by molar-refractivity contribution is 7.89. The Bertz CT molecular complexity index is 707. The van der Waals surface area contributed by atoms with Gasteiger partial charge in [-0.25, -0.2) is 13.1 Å². The monoisotopic (exact) mass is 372 g/mol. The fourth-order valence-electron chi connectivity index (χ4n) is 2.04. The SMILES string of the molecule is COCCN(CC(=O)O)C(=O)c1ccc(S(=O)(=O)NC(C)(C)C)cc1. The van der Waals surface area contributed by atoms with E-state index in [1.807, 2.05) is 0 Å². The highest BCUT2D eigenvalue weighted by Crippen LogP contribution is 2.15. The molecule has 1 rings (SSSR count). The summed E-state index contributed by atoms with van der Waals surface area (Å²) in [7, 11) is -2.25. The van der Waals surface area contributed by atoms with E-state index in [4.69, 9.17) is 9.84 Å². The number of carbonyl (C=O) groups is 2. The Balaban J connectivity index is 3.00. The van der Waals surface area contributed by atoms with Gasteiger partial charge in [-0.1, -0.05) is 0 Å². The maximum Gasteiger partial charge on any atom is 0.323 e. The van der Waals surface area contributed by atoms with Crippen LogP contribution in [0.25, 0.3) is 0 Å². The first-order valence-corrected chi connectivity index (χ1v) is 9.08. The Hall–Kier alpha value is -1.97. The molecule has 0 radical (unpaired) electrons. The number of sulfonamides is 1. The lowest BCUT2D eigenvalue weighted by Gasteiger charge is -2.21. The molecule has 0 aliphatic rings. The van der Waals surface area contributed by atoms with Gasteiger partial charge in [0.2, 0.25) is 10.0 Å². The Morgan fingerprint density at radius 1 is 1.20 bits per heavy atom. The standard InChI is InChI=1S/C16H24N2O6S/c1-16(2,3)17-25(22,23)13-7-5-12(6-8-13)15(21)18(9-10-24-4)11-14(19)20/h5-8,17H,9-11H2,1-4H3,(H,19,20). The smallest absolute Gasteiger partial charge is 0.323 e. The first kappa shape index (κ1) is 21.1. The maximum atomic E-state index is 12.4. The van der Waals surface area contributed by atoms with Crippen LogP contribution < -0.4 is 4.72 Å². The van der Waals surface area contributed by atoms with Crippen LogP contribution in [0.4, 0.5) is 0 Å². The third-order valence-electron chi connectivity index (χ3n) is 3.03. The van der Waals surface area contributed by atoms with E-state index in [1.165, 1.54) is 31.4 Å². The third kappa shape index (κ3) is 6.81. The largest absolute Gasteiger partial charge is 0.480 e. The lowest BCUT2D eigenvalue weighted by atomic mass is 10.1. The van der Waals surface area contributed by atoms with E-state index in [9.17, 15) is 18.0 Å². The number of nitrogens with zero attached hydrogens (tertiary/aromatic N) is 1. The molecular formula is C16H24N2O6S. The quantitative estimate of drug-likeness (QED) is 0.702. The van der Waals surface area contributed by atoms with Gasteiger partial charge in [0.05, 0.1) is 11.5 Å². The topological polar surface area (TPSA) is 113 Å². The number of hydrogen-bond acceptors (Lipinski definition) is 5. The Morgan fingerprint density at radius 3 is 2.20 bits per heavy atom. The van der Waals surface area contributed by atoms with E-state index in [0.29, 0.717) is 0 Å². The maximum absolute atomic E-state index is 12.4. The zero-order chi connectivity index (χ0) is 19.3. The molecule has 0 bridgehead atoms. The minimum atomic E-state index is -3.70. The van der Waals surface area contributed by atoms with Gasteiger partial charge in [-0.15, -0.1) is 0 Å². The summed E-state index contributed by atoms with van der Waals surface area (Å²) in [6, 6.07) is 5.36. The highest BCUT2D eigenvalue weighted by Gasteiger charge is 2.23. The van der Waals surface area contributed by atoms with E-state index in [0.717, 1.165) is 4.90 Å². The molecule has 0 spiro atoms. The van der Waals surface area contributed by atoms with Crippen molar-refractivity contribution in [3.8, 4) is 0 Å². The number of hydrogen-bond donors (Lipinski definition) is 2. The summed E-state index contributed by atoms with van der Waals surface area (Å²) in [5.41, 5.74) is -0.432. The van der Waals surface area contributed by atoms with Crippen LogP contribution in [0.1, 0.15) is 31.1 Å². The van der Waals surface area contributed by atoms with Crippen molar-refractivity contribution in [2.75, 3.05) is 26.8 Å². The molecule has 0 aromatic heterocycles. The molecule has 9 heteroatoms. The normalized spacial score (nSPS) is 12.0. The number of amides is 1. The van der Waals surface area contributed by atoms with Gasteiger partial charge < -0.3 is 14.7 Å². The predicted molar refractivity (Wildman–Crippen MR) is 91.9 cm³/mol. The second-order valence-corrected chi connectivity index (χ2v) is 8.18. The summed E-state index contributed by atoms with van der Waals surface area (Å²) in [5, 5.41) is 8.92. The van der Waals surface area contributed by atoms with Crippen LogP contribution >= 0.6 is 0 Å². The number of methoxy groups -OCH3 is 1. The van der Waals surface area contributed by atoms with Crippen LogP contribution in [-0.2, 0) is 19.6 Å². The molecule has 0 unspecified atom stereocenters. The van der Waals surface area contributed by atoms with E-state index < -0.39 is 34.0 Å². The zero-order valence-corrected chi connectivity index (χ0v) is 15.6. The Labute approximate surface area is 147 Å². The molecule has 0 saturated heterocycles. The lowest BCUT2D eigenvalue weighted by Crippen LogP contribution is -2.40. The number of carbonyl (C=O) groups excluding carboxylic acids is 1. The molecule has 0 fully saturated rings. The average Bonchev–Trinajstić information content (AvgIpc) is 2.48. The molecule has 0 aliphatic carbocycles. The molecule has 2 N–H and O–H groups in total. The molecule has 0 saturated carbocycles. The van der Waals surface area contributed by atoms with Gasteiger partial charge in [0.1, 0.15) is 6.54 Å². The minimum Gasteiger partial charge on any atom is -0.480 e. The lowest BCUT2D eigenvalue weighted by molar-refractivity contribution is -0.137. The predicted octanol–water partition coefficient (Wildman–Crippen LogP) is 0.937. The van der Waals surface area contributed by atoms with Crippen molar-refractivity contribution in [3.63, 3.8) is 0 Å². The summed E-state index contributed by atoms with van der Waals surface area (Å²) < 4.78 is 31.9. The first-order valence-electron chi connectivity index (χ1n) is 7.60. The number of nitrogens with one attached hydrogen (secondary N) is 1. The van der Waals surface area contributed by atoms with Gasteiger partial charge in [0, 0.05) is 24.8 Å². The van der Waals surface area contributed by atoms with Crippen LogP contribution in [0.5, 0.6) is 0 Å². The summed E-state index contributed by atoms with van der Waals surface area (Å²) in [6.45, 7) is 5.02. The summed E-state index contributed by atoms with van der Waals surface area (Å²) in [5.74, 6) is -1.65. The van der Waals surface area contributed by atoms with Gasteiger partial charge >= 0.3 is 5.97 Å². The molecule has 0 heterocycles. The fraction of sp³-hybridized carbons (Fsp3) is 0.500. The fourth-order valence-corrected chi connectivity index (χ4v) is 3.46. The molecule has 140 valence electrons. The van der Waals surface area contributed by atoms with E-state index >= 15 is 0 Å². The van der Waals surface area contributed by atoms with E-state index in [-0.39, 0.29) is 23.6 Å². The Morgan fingerprint density at radius 2 is 1.76 bits per heavy atom. The van der Waals surface area contributed by atoms with Crippen LogP contribution in [0.2, 0.25) is 0 Å². The van der Waals surface area contributed by atoms with E-state index in [1.54, 1.807) is 20.8 Å². The summed E-state index contributed by atoms with van der Waals surface area (Å²) >= 11 is 0. The van der Waals surface area contributed by atoms with Crippen molar-refractivity contribution >= 4 is 21.9 Å². The molecular weight excluding hydrogens is 348 g/mol. The van der Waals surface area contributed by atoms with Crippen molar-refractivity contribution in [1.82, 2.24) is 9.62 Å². The van der Waals surface area contributed by atoms with Gasteiger partial charge in [-0.05, 0) is 45.0 Å². The molecule has 25 heavy (non-hydrogen) atoms. The van der Waals surface area contributed by atoms with Crippen molar-refractivity contribution in [1.29, 1.82) is 0 Å². The van der Waals surface area contributed by atoms with Crippen molar-refractivity contribution < 1.29 is 27.9 Å². The number of benzene rings is 1. The van der Waals surface area contributed by atoms with Crippen molar-refractivity contribution in [2.45, 2.75) is 31.2 Å². The van der Waals surface area contributed by atoms with Crippen LogP contribution in [0.15, 0.2) is 29.2 Å². The van der Waals surface area contributed by atoms with Crippen molar-refractivity contribution in [3.05, 3.63) is 29.8 Å². The van der Waals surface area contributed by atoms with E-state index in [2.05, 4.69) is 4.72 Å². The molecule has 0 atom stereocenters. The van der Waals surface area contributed by atoms with Crippen LogP contribution in [0, 0.1) is 0 Å². The summed E-state index contributed by atoms with van der Waals surface area (Å²) in [6.07, 6.45) is 0. The molecule has 1 aromatic carbocycles. The second kappa shape index (κ2) is 8.41. The average molecular weight is 372 g/mol. The highest BCUT2D eigenvalue weighted by atomic mass is 32.2. The first-order chi connectivity index (χ1) is 11.5. The molecule has 0 aliphatic heterocycles. The third-order valence-corrected chi connectivity index (χ3v) is 4.80. The number of carboxylic acid groups (broad SMARTS) is 1. The van der Waals surface area contributed by atoms with Gasteiger partial charge in [-0.3, -0.25) is 9.59 Å². The number of carboxylic acids is 1. The van der Waals surface area contributed by atoms with Crippen LogP contribution in [-0.4, -0.2) is 62.6 Å². The van der Waals surface area contributed by atoms with Crippen LogP contribution in [0.3, 0.4) is 0 Å². The molecule has 1 amide bonds. The number of aliphatic carboxylic acids is 1. The summed E-state index contributed by atoms with van der Waals surface area (Å²) in [4.78, 5) is 24.5. The number of rotatable bonds is 8. The zero-order valence-electron chi connectivity index (χ0n) is 14.8. The van der Waals surface area contributed by atoms with Gasteiger partial charge in [0.15, 0.2) is 0 Å². The van der Waals surface area contributed by atoms with Gasteiger partial charge in [-0.2, -0.15) is 0 Å².